The number of rotatable bonds is 12. The first-order chi connectivity index (χ1) is 23.5. The van der Waals surface area contributed by atoms with Crippen molar-refractivity contribution in [3.05, 3.63) is 116 Å². The second-order valence-corrected chi connectivity index (χ2v) is 13.7. The van der Waals surface area contributed by atoms with Crippen LogP contribution in [0.4, 0.5) is 0 Å². The van der Waals surface area contributed by atoms with E-state index in [9.17, 15) is 14.4 Å². The van der Waals surface area contributed by atoms with Crippen LogP contribution < -0.4 is 29.1 Å². The fourth-order valence-corrected chi connectivity index (χ4v) is 7.64. The fourth-order valence-electron chi connectivity index (χ4n) is 5.10. The summed E-state index contributed by atoms with van der Waals surface area (Å²) in [6, 6.07) is 15.2. The van der Waals surface area contributed by atoms with Gasteiger partial charge in [0.1, 0.15) is 12.4 Å². The highest BCUT2D eigenvalue weighted by atomic mass is 79.9. The first-order valence-corrected chi connectivity index (χ1v) is 17.8. The largest absolute Gasteiger partial charge is 0.490 e. The van der Waals surface area contributed by atoms with Crippen molar-refractivity contribution < 1.29 is 33.3 Å². The molecule has 5 rings (SSSR count). The van der Waals surface area contributed by atoms with Gasteiger partial charge in [-0.3, -0.25) is 9.36 Å². The topological polar surface area (TPSA) is 115 Å². The molecule has 0 spiro atoms. The lowest BCUT2D eigenvalue weighted by Crippen LogP contribution is -2.40. The second-order valence-electron chi connectivity index (χ2n) is 10.5. The molecular weight excluding hydrogens is 804 g/mol. The molecule has 49 heavy (non-hydrogen) atoms. The molecule has 0 aliphatic carbocycles. The molecule has 1 aliphatic heterocycles. The first kappa shape index (κ1) is 36.4. The molecule has 0 amide bonds. The van der Waals surface area contributed by atoms with E-state index in [1.807, 2.05) is 31.2 Å². The van der Waals surface area contributed by atoms with E-state index in [1.165, 1.54) is 23.0 Å². The highest BCUT2D eigenvalue weighted by molar-refractivity contribution is 9.11. The Hall–Kier alpha value is -3.91. The number of hydrogen-bond donors (Lipinski definition) is 0. The van der Waals surface area contributed by atoms with Crippen LogP contribution >= 0.6 is 54.8 Å². The number of aromatic nitrogens is 1. The number of halogens is 3. The molecule has 4 aromatic rings. The molecule has 0 saturated carbocycles. The van der Waals surface area contributed by atoms with E-state index in [0.717, 1.165) is 10.0 Å². The number of hydrogen-bond acceptors (Lipinski definition) is 10. The lowest BCUT2D eigenvalue weighted by molar-refractivity contribution is -0.143. The van der Waals surface area contributed by atoms with E-state index in [1.54, 1.807) is 50.3 Å². The van der Waals surface area contributed by atoms with Gasteiger partial charge in [0.2, 0.25) is 0 Å². The molecule has 256 valence electrons. The molecule has 1 aromatic heterocycles. The smallest absolute Gasteiger partial charge is 0.343 e. The minimum Gasteiger partial charge on any atom is -0.490 e. The number of esters is 2. The maximum Gasteiger partial charge on any atom is 0.343 e. The molecule has 0 unspecified atom stereocenters. The number of thiazole rings is 1. The van der Waals surface area contributed by atoms with Gasteiger partial charge in [0, 0.05) is 15.1 Å². The van der Waals surface area contributed by atoms with Gasteiger partial charge >= 0.3 is 11.9 Å². The van der Waals surface area contributed by atoms with Gasteiger partial charge in [0.25, 0.3) is 5.56 Å². The number of allylic oxidation sites excluding steroid dienone is 1. The van der Waals surface area contributed by atoms with E-state index >= 15 is 0 Å². The van der Waals surface area contributed by atoms with Gasteiger partial charge in [-0.1, -0.05) is 57.1 Å². The SMILES string of the molecule is CCOC(=O)C1=C(C)N=c2s/c(=C/c3cc(Br)cc(Br)c3OCc3ccc(Cl)cc3)c(=O)n2[C@@H]1c1ccc(OCC(=O)OC)c(OCC)c1. The summed E-state index contributed by atoms with van der Waals surface area (Å²) in [5.74, 6) is 0.00462. The number of benzene rings is 3. The van der Waals surface area contributed by atoms with E-state index in [0.29, 0.717) is 59.5 Å². The molecule has 0 radical (unpaired) electrons. The van der Waals surface area contributed by atoms with Crippen molar-refractivity contribution >= 4 is 72.8 Å². The molecule has 14 heteroatoms. The third-order valence-electron chi connectivity index (χ3n) is 7.29. The highest BCUT2D eigenvalue weighted by Crippen LogP contribution is 2.37. The van der Waals surface area contributed by atoms with Crippen LogP contribution in [-0.2, 0) is 25.7 Å². The van der Waals surface area contributed by atoms with Crippen LogP contribution in [0.15, 0.2) is 84.6 Å². The van der Waals surface area contributed by atoms with Gasteiger partial charge in [-0.2, -0.15) is 0 Å². The Bertz CT molecular complexity index is 2110. The third-order valence-corrected chi connectivity index (χ3v) is 9.58. The van der Waals surface area contributed by atoms with Gasteiger partial charge in [0.15, 0.2) is 22.9 Å². The summed E-state index contributed by atoms with van der Waals surface area (Å²) in [4.78, 5) is 44.6. The number of carbonyl (C=O) groups excluding carboxylic acids is 2. The molecule has 3 aromatic carbocycles. The van der Waals surface area contributed by atoms with Gasteiger partial charge < -0.3 is 23.7 Å². The van der Waals surface area contributed by atoms with Crippen LogP contribution in [0.25, 0.3) is 6.08 Å². The lowest BCUT2D eigenvalue weighted by atomic mass is 9.95. The second kappa shape index (κ2) is 16.2. The predicted octanol–water partition coefficient (Wildman–Crippen LogP) is 6.51. The Morgan fingerprint density at radius 2 is 1.76 bits per heavy atom. The van der Waals surface area contributed by atoms with Crippen LogP contribution in [0.1, 0.15) is 43.5 Å². The molecule has 0 bridgehead atoms. The van der Waals surface area contributed by atoms with Crippen LogP contribution in [-0.4, -0.2) is 43.4 Å². The molecule has 2 heterocycles. The monoisotopic (exact) mass is 832 g/mol. The van der Waals surface area contributed by atoms with Gasteiger partial charge in [-0.05, 0) is 90.3 Å². The maximum atomic E-state index is 14.3. The molecule has 1 aliphatic rings. The van der Waals surface area contributed by atoms with E-state index < -0.39 is 18.0 Å². The number of nitrogens with zero attached hydrogens (tertiary/aromatic N) is 2. The van der Waals surface area contributed by atoms with E-state index in [-0.39, 0.29) is 31.0 Å². The van der Waals surface area contributed by atoms with Crippen LogP contribution in [0.3, 0.4) is 0 Å². The lowest BCUT2D eigenvalue weighted by Gasteiger charge is -2.25. The number of methoxy groups -OCH3 is 1. The van der Waals surface area contributed by atoms with Crippen molar-refractivity contribution in [3.8, 4) is 17.2 Å². The quantitative estimate of drug-likeness (QED) is 0.149. The predicted molar refractivity (Wildman–Crippen MR) is 193 cm³/mol. The average molecular weight is 835 g/mol. The van der Waals surface area contributed by atoms with Gasteiger partial charge in [0.05, 0.1) is 46.6 Å². The molecule has 10 nitrogen and oxygen atoms in total. The minimum atomic E-state index is -0.902. The summed E-state index contributed by atoms with van der Waals surface area (Å²) in [6.07, 6.45) is 1.74. The van der Waals surface area contributed by atoms with E-state index in [4.69, 9.17) is 35.3 Å². The summed E-state index contributed by atoms with van der Waals surface area (Å²) in [6.45, 7) is 5.60. The van der Waals surface area contributed by atoms with Crippen LogP contribution in [0.2, 0.25) is 5.02 Å². The summed E-state index contributed by atoms with van der Waals surface area (Å²) in [7, 11) is 1.27. The molecule has 0 fully saturated rings. The fraction of sp³-hybridized carbons (Fsp3) is 0.257. The molecule has 1 atom stereocenters. The Morgan fingerprint density at radius 3 is 2.45 bits per heavy atom. The van der Waals surface area contributed by atoms with Crippen molar-refractivity contribution in [2.75, 3.05) is 26.9 Å². The zero-order valence-electron chi connectivity index (χ0n) is 26.9. The Morgan fingerprint density at radius 1 is 1.00 bits per heavy atom. The Balaban J connectivity index is 1.64. The normalized spacial score (nSPS) is 14.2. The Kier molecular flexibility index (Phi) is 12.0. The van der Waals surface area contributed by atoms with Crippen molar-refractivity contribution in [1.82, 2.24) is 4.57 Å². The van der Waals surface area contributed by atoms with Crippen molar-refractivity contribution in [3.63, 3.8) is 0 Å². The van der Waals surface area contributed by atoms with Crippen LogP contribution in [0.5, 0.6) is 17.2 Å². The number of ether oxygens (including phenoxy) is 5. The van der Waals surface area contributed by atoms with Crippen molar-refractivity contribution in [2.45, 2.75) is 33.4 Å². The first-order valence-electron chi connectivity index (χ1n) is 15.1. The standard InChI is InChI=1S/C35H31Br2ClN2O8S/c1-5-45-27-14-21(9-12-26(27)47-18-29(41)44-4)31-30(34(43)46-6-2)19(3)39-35-40(31)33(42)28(49-35)15-22-13-23(36)16-25(37)32(22)48-17-20-7-10-24(38)11-8-20/h7-16,31H,5-6,17-18H2,1-4H3/b28-15+/t31-/m1/s1. The zero-order valence-corrected chi connectivity index (χ0v) is 31.6. The number of carbonyl (C=O) groups is 2. The zero-order chi connectivity index (χ0) is 35.2. The van der Waals surface area contributed by atoms with Crippen LogP contribution in [0, 0.1) is 0 Å². The van der Waals surface area contributed by atoms with Gasteiger partial charge in [-0.25, -0.2) is 14.6 Å². The molecule has 0 saturated heterocycles. The summed E-state index contributed by atoms with van der Waals surface area (Å²) in [5.41, 5.74) is 2.37. The summed E-state index contributed by atoms with van der Waals surface area (Å²) in [5, 5.41) is 0.626. The third kappa shape index (κ3) is 8.29. The average Bonchev–Trinajstić information content (AvgIpc) is 3.37. The highest BCUT2D eigenvalue weighted by Gasteiger charge is 2.34. The summed E-state index contributed by atoms with van der Waals surface area (Å²) >= 11 is 14.4. The van der Waals surface area contributed by atoms with Gasteiger partial charge in [-0.15, -0.1) is 0 Å². The van der Waals surface area contributed by atoms with E-state index in [2.05, 4.69) is 36.9 Å². The molecular formula is C35H31Br2ClN2O8S. The minimum absolute atomic E-state index is 0.133. The maximum absolute atomic E-state index is 14.3. The number of fused-ring (bicyclic) bond motifs is 1. The summed E-state index contributed by atoms with van der Waals surface area (Å²) < 4.78 is 31.2. The van der Waals surface area contributed by atoms with Crippen molar-refractivity contribution in [2.24, 2.45) is 4.99 Å². The Labute approximate surface area is 307 Å². The van der Waals surface area contributed by atoms with Crippen molar-refractivity contribution in [1.29, 1.82) is 0 Å². The molecule has 0 N–H and O–H groups in total.